The van der Waals surface area contributed by atoms with Crippen molar-refractivity contribution in [2.45, 2.75) is 19.4 Å². The highest BCUT2D eigenvalue weighted by atomic mass is 32.1. The Morgan fingerprint density at radius 1 is 1.50 bits per heavy atom. The van der Waals surface area contributed by atoms with Gasteiger partial charge in [-0.2, -0.15) is 0 Å². The van der Waals surface area contributed by atoms with Crippen LogP contribution in [0.2, 0.25) is 0 Å². The molecule has 0 spiro atoms. The van der Waals surface area contributed by atoms with E-state index >= 15 is 0 Å². The van der Waals surface area contributed by atoms with Crippen LogP contribution < -0.4 is 0 Å². The molecule has 0 aliphatic carbocycles. The van der Waals surface area contributed by atoms with E-state index in [0.717, 1.165) is 10.7 Å². The number of aromatic nitrogens is 3. The smallest absolute Gasteiger partial charge is 0.105 e. The molecule has 0 saturated heterocycles. The predicted octanol–water partition coefficient (Wildman–Crippen LogP) is 1.58. The molecule has 0 aliphatic heterocycles. The number of thiazole rings is 1. The van der Waals surface area contributed by atoms with Gasteiger partial charge >= 0.3 is 0 Å². The maximum Gasteiger partial charge on any atom is 0.105 e. The molecule has 2 heterocycles. The summed E-state index contributed by atoms with van der Waals surface area (Å²) < 4.78 is 3.70. The van der Waals surface area contributed by atoms with Crippen LogP contribution in [0.1, 0.15) is 22.5 Å². The largest absolute Gasteiger partial charge is 0.386 e. The molecule has 0 amide bonds. The minimum Gasteiger partial charge on any atom is -0.386 e. The summed E-state index contributed by atoms with van der Waals surface area (Å²) in [4.78, 5) is 4.27. The molecule has 0 fully saturated rings. The lowest BCUT2D eigenvalue weighted by Crippen LogP contribution is -2.02. The summed E-state index contributed by atoms with van der Waals surface area (Å²) in [6.07, 6.45) is -0.0662. The zero-order valence-electron chi connectivity index (χ0n) is 7.54. The van der Waals surface area contributed by atoms with Crippen LogP contribution in [0.4, 0.5) is 0 Å². The number of aliphatic hydroxyl groups excluding tert-OH is 1. The first-order chi connectivity index (χ1) is 6.75. The van der Waals surface area contributed by atoms with Crippen molar-refractivity contribution in [1.29, 1.82) is 0 Å². The highest BCUT2D eigenvalue weighted by Gasteiger charge is 2.13. The van der Waals surface area contributed by atoms with E-state index in [4.69, 9.17) is 0 Å². The van der Waals surface area contributed by atoms with Gasteiger partial charge in [-0.15, -0.1) is 16.4 Å². The Kier molecular flexibility index (Phi) is 2.85. The lowest BCUT2D eigenvalue weighted by atomic mass is 10.2. The second-order valence-corrected chi connectivity index (χ2v) is 4.48. The van der Waals surface area contributed by atoms with Crippen molar-refractivity contribution < 1.29 is 5.11 Å². The third kappa shape index (κ3) is 2.14. The third-order valence-corrected chi connectivity index (χ3v) is 3.26. The molecule has 2 rings (SSSR count). The second kappa shape index (κ2) is 4.12. The summed E-state index contributed by atoms with van der Waals surface area (Å²) in [6, 6.07) is 0. The molecule has 2 aromatic rings. The average molecular weight is 227 g/mol. The first-order valence-electron chi connectivity index (χ1n) is 4.11. The van der Waals surface area contributed by atoms with Crippen LogP contribution >= 0.6 is 22.9 Å². The zero-order chi connectivity index (χ0) is 9.97. The zero-order valence-corrected chi connectivity index (χ0v) is 9.18. The lowest BCUT2D eigenvalue weighted by molar-refractivity contribution is 0.173. The minimum atomic E-state index is -0.584. The first kappa shape index (κ1) is 9.70. The molecule has 74 valence electrons. The van der Waals surface area contributed by atoms with Gasteiger partial charge in [0.05, 0.1) is 5.01 Å². The fourth-order valence-corrected chi connectivity index (χ4v) is 2.39. The van der Waals surface area contributed by atoms with Crippen molar-refractivity contribution in [3.05, 3.63) is 27.2 Å². The summed E-state index contributed by atoms with van der Waals surface area (Å²) in [5.74, 6) is 0. The van der Waals surface area contributed by atoms with Gasteiger partial charge in [-0.3, -0.25) is 0 Å². The molecule has 0 radical (unpaired) electrons. The van der Waals surface area contributed by atoms with Crippen LogP contribution in [0, 0.1) is 6.92 Å². The fraction of sp³-hybridized carbons (Fsp3) is 0.375. The van der Waals surface area contributed by atoms with Crippen LogP contribution in [0.3, 0.4) is 0 Å². The van der Waals surface area contributed by atoms with Crippen LogP contribution in [0.5, 0.6) is 0 Å². The normalized spacial score (nSPS) is 13.0. The highest BCUT2D eigenvalue weighted by molar-refractivity contribution is 7.09. The van der Waals surface area contributed by atoms with Crippen molar-refractivity contribution in [3.63, 3.8) is 0 Å². The van der Waals surface area contributed by atoms with Gasteiger partial charge in [-0.25, -0.2) is 4.98 Å². The summed E-state index contributed by atoms with van der Waals surface area (Å²) in [5.41, 5.74) is 1.62. The van der Waals surface area contributed by atoms with E-state index < -0.39 is 6.10 Å². The molecule has 0 aromatic carbocycles. The van der Waals surface area contributed by atoms with E-state index in [0.29, 0.717) is 12.1 Å². The number of hydrogen-bond donors (Lipinski definition) is 1. The summed E-state index contributed by atoms with van der Waals surface area (Å²) in [5, 5.41) is 18.2. The number of hydrogen-bond acceptors (Lipinski definition) is 6. The molecule has 6 heteroatoms. The van der Waals surface area contributed by atoms with Crippen LogP contribution in [0.15, 0.2) is 10.8 Å². The van der Waals surface area contributed by atoms with Crippen molar-refractivity contribution in [1.82, 2.24) is 14.6 Å². The van der Waals surface area contributed by atoms with Gasteiger partial charge in [0, 0.05) is 22.9 Å². The number of aliphatic hydroxyl groups is 1. The van der Waals surface area contributed by atoms with Crippen LogP contribution in [-0.2, 0) is 6.42 Å². The van der Waals surface area contributed by atoms with Crippen molar-refractivity contribution in [3.8, 4) is 0 Å². The Balaban J connectivity index is 2.05. The van der Waals surface area contributed by atoms with E-state index in [1.807, 2.05) is 12.3 Å². The summed E-state index contributed by atoms with van der Waals surface area (Å²) in [7, 11) is 0. The maximum atomic E-state index is 9.74. The molecule has 2 aromatic heterocycles. The van der Waals surface area contributed by atoms with E-state index in [9.17, 15) is 5.11 Å². The summed E-state index contributed by atoms with van der Waals surface area (Å²) >= 11 is 2.80. The van der Waals surface area contributed by atoms with Crippen LogP contribution in [-0.4, -0.2) is 19.7 Å². The van der Waals surface area contributed by atoms with Crippen molar-refractivity contribution in [2.24, 2.45) is 0 Å². The fourth-order valence-electron chi connectivity index (χ4n) is 1.08. The van der Waals surface area contributed by atoms with E-state index in [-0.39, 0.29) is 0 Å². The van der Waals surface area contributed by atoms with Gasteiger partial charge < -0.3 is 5.11 Å². The van der Waals surface area contributed by atoms with Gasteiger partial charge in [-0.05, 0) is 18.5 Å². The molecule has 1 N–H and O–H groups in total. The standard InChI is InChI=1S/C8H9N3OS2/c1-5-3-13-8(9-5)2-7(12)6-4-14-11-10-6/h3-4,7,12H,2H2,1H3. The van der Waals surface area contributed by atoms with E-state index in [1.54, 1.807) is 16.7 Å². The monoisotopic (exact) mass is 227 g/mol. The molecule has 1 atom stereocenters. The van der Waals surface area contributed by atoms with E-state index in [2.05, 4.69) is 14.6 Å². The Hall–Kier alpha value is -0.850. The molecule has 0 aliphatic rings. The Morgan fingerprint density at radius 3 is 2.93 bits per heavy atom. The lowest BCUT2D eigenvalue weighted by Gasteiger charge is -2.03. The molecule has 0 saturated carbocycles. The summed E-state index contributed by atoms with van der Waals surface area (Å²) in [6.45, 7) is 1.94. The first-order valence-corrected chi connectivity index (χ1v) is 5.83. The van der Waals surface area contributed by atoms with Crippen molar-refractivity contribution in [2.75, 3.05) is 0 Å². The van der Waals surface area contributed by atoms with Crippen molar-refractivity contribution >= 4 is 22.9 Å². The quantitative estimate of drug-likeness (QED) is 0.865. The molecular weight excluding hydrogens is 218 g/mol. The van der Waals surface area contributed by atoms with E-state index in [1.165, 1.54) is 11.5 Å². The Labute approximate surface area is 89.4 Å². The molecule has 14 heavy (non-hydrogen) atoms. The molecule has 4 nitrogen and oxygen atoms in total. The Bertz CT molecular complexity index is 398. The predicted molar refractivity (Wildman–Crippen MR) is 55.4 cm³/mol. The second-order valence-electron chi connectivity index (χ2n) is 2.93. The van der Waals surface area contributed by atoms with Gasteiger partial charge in [0.1, 0.15) is 11.8 Å². The van der Waals surface area contributed by atoms with Gasteiger partial charge in [-0.1, -0.05) is 4.49 Å². The SMILES string of the molecule is Cc1csc(CC(O)c2csnn2)n1. The third-order valence-electron chi connectivity index (χ3n) is 1.75. The van der Waals surface area contributed by atoms with Gasteiger partial charge in [0.15, 0.2) is 0 Å². The van der Waals surface area contributed by atoms with Gasteiger partial charge in [0.25, 0.3) is 0 Å². The van der Waals surface area contributed by atoms with Gasteiger partial charge in [0.2, 0.25) is 0 Å². The number of aryl methyl sites for hydroxylation is 1. The Morgan fingerprint density at radius 2 is 2.36 bits per heavy atom. The van der Waals surface area contributed by atoms with Crippen LogP contribution in [0.25, 0.3) is 0 Å². The molecule has 1 unspecified atom stereocenters. The molecular formula is C8H9N3OS2. The number of nitrogens with zero attached hydrogens (tertiary/aromatic N) is 3. The number of rotatable bonds is 3. The topological polar surface area (TPSA) is 58.9 Å². The highest BCUT2D eigenvalue weighted by Crippen LogP contribution is 2.19. The maximum absolute atomic E-state index is 9.74. The minimum absolute atomic E-state index is 0.518. The molecule has 0 bridgehead atoms. The average Bonchev–Trinajstić information content (AvgIpc) is 2.75.